The summed E-state index contributed by atoms with van der Waals surface area (Å²) in [5, 5.41) is 12.4. The lowest BCUT2D eigenvalue weighted by Crippen LogP contribution is -2.24. The van der Waals surface area contributed by atoms with E-state index in [0.29, 0.717) is 0 Å². The summed E-state index contributed by atoms with van der Waals surface area (Å²) in [6, 6.07) is 2.18. The van der Waals surface area contributed by atoms with Crippen LogP contribution < -0.4 is 5.32 Å². The van der Waals surface area contributed by atoms with Gasteiger partial charge < -0.3 is 5.32 Å². The summed E-state index contributed by atoms with van der Waals surface area (Å²) in [5.74, 6) is 0. The summed E-state index contributed by atoms with van der Waals surface area (Å²) in [5.41, 5.74) is 3.42. The molecule has 0 amide bonds. The van der Waals surface area contributed by atoms with E-state index in [-0.39, 0.29) is 6.04 Å². The van der Waals surface area contributed by atoms with Gasteiger partial charge in [0.15, 0.2) is 0 Å². The number of aryl methyl sites for hydroxylation is 2. The molecule has 2 aromatic rings. The molecule has 0 aliphatic rings. The first-order valence-corrected chi connectivity index (χ1v) is 6.35. The molecule has 1 N–H and O–H groups in total. The number of nitrogens with zero attached hydrogens (tertiary/aromatic N) is 4. The van der Waals surface area contributed by atoms with E-state index in [9.17, 15) is 0 Å². The van der Waals surface area contributed by atoms with Crippen molar-refractivity contribution in [3.63, 3.8) is 0 Å². The highest BCUT2D eigenvalue weighted by Gasteiger charge is 2.20. The zero-order chi connectivity index (χ0) is 13.1. The molecular weight excluding hydrogens is 226 g/mol. The Bertz CT molecular complexity index is 511. The first-order chi connectivity index (χ1) is 8.63. The van der Waals surface area contributed by atoms with Gasteiger partial charge in [-0.1, -0.05) is 6.92 Å². The minimum Gasteiger partial charge on any atom is -0.305 e. The number of hydrogen-bond donors (Lipinski definition) is 1. The lowest BCUT2D eigenvalue weighted by atomic mass is 10.0. The second-order valence-corrected chi connectivity index (χ2v) is 4.61. The van der Waals surface area contributed by atoms with Gasteiger partial charge >= 0.3 is 0 Å². The van der Waals surface area contributed by atoms with Crippen LogP contribution >= 0.6 is 0 Å². The molecule has 0 saturated carbocycles. The van der Waals surface area contributed by atoms with Crippen molar-refractivity contribution in [3.8, 4) is 0 Å². The third kappa shape index (κ3) is 2.46. The van der Waals surface area contributed by atoms with Gasteiger partial charge in [0.05, 0.1) is 17.9 Å². The van der Waals surface area contributed by atoms with E-state index in [1.807, 2.05) is 35.9 Å². The minimum atomic E-state index is 0.125. The zero-order valence-electron chi connectivity index (χ0n) is 11.5. The quantitative estimate of drug-likeness (QED) is 0.872. The van der Waals surface area contributed by atoms with Crippen molar-refractivity contribution >= 4 is 0 Å². The molecule has 0 aromatic carbocycles. The molecule has 2 aromatic heterocycles. The average molecular weight is 247 g/mol. The molecule has 2 rings (SSSR count). The Hall–Kier alpha value is -1.62. The van der Waals surface area contributed by atoms with Crippen LogP contribution in [0.3, 0.4) is 0 Å². The lowest BCUT2D eigenvalue weighted by Gasteiger charge is -2.16. The van der Waals surface area contributed by atoms with Crippen LogP contribution in [0.15, 0.2) is 18.5 Å². The maximum atomic E-state index is 4.51. The highest BCUT2D eigenvalue weighted by molar-refractivity contribution is 5.28. The Balaban J connectivity index is 2.33. The molecule has 2 heterocycles. The highest BCUT2D eigenvalue weighted by Crippen LogP contribution is 2.23. The topological polar surface area (TPSA) is 47.7 Å². The molecule has 0 saturated heterocycles. The average Bonchev–Trinajstić information content (AvgIpc) is 2.90. The second-order valence-electron chi connectivity index (χ2n) is 4.61. The van der Waals surface area contributed by atoms with Gasteiger partial charge in [0.1, 0.15) is 0 Å². The Labute approximate surface area is 108 Å². The number of nitrogens with one attached hydrogen (secondary N) is 1. The van der Waals surface area contributed by atoms with Crippen molar-refractivity contribution in [2.45, 2.75) is 26.3 Å². The van der Waals surface area contributed by atoms with E-state index < -0.39 is 0 Å². The van der Waals surface area contributed by atoms with Crippen molar-refractivity contribution < 1.29 is 0 Å². The van der Waals surface area contributed by atoms with Gasteiger partial charge in [-0.15, -0.1) is 0 Å². The number of rotatable bonds is 5. The standard InChI is InChI=1S/C13H21N5/c1-5-7-14-13(12-6-8-17(3)16-12)11-9-15-18(4)10(11)2/h6,8-9,13-14H,5,7H2,1-4H3. The fraction of sp³-hybridized carbons (Fsp3) is 0.538. The monoisotopic (exact) mass is 247 g/mol. The van der Waals surface area contributed by atoms with E-state index in [1.165, 1.54) is 11.3 Å². The summed E-state index contributed by atoms with van der Waals surface area (Å²) in [7, 11) is 3.91. The summed E-state index contributed by atoms with van der Waals surface area (Å²) < 4.78 is 3.74. The Kier molecular flexibility index (Phi) is 3.81. The smallest absolute Gasteiger partial charge is 0.0840 e. The largest absolute Gasteiger partial charge is 0.305 e. The molecule has 0 radical (unpaired) electrons. The summed E-state index contributed by atoms with van der Waals surface area (Å²) in [4.78, 5) is 0. The predicted octanol–water partition coefficient (Wildman–Crippen LogP) is 1.55. The van der Waals surface area contributed by atoms with Crippen LogP contribution in [-0.4, -0.2) is 26.1 Å². The molecule has 0 spiro atoms. The van der Waals surface area contributed by atoms with E-state index in [1.54, 1.807) is 0 Å². The third-order valence-electron chi connectivity index (χ3n) is 3.21. The van der Waals surface area contributed by atoms with Crippen LogP contribution in [-0.2, 0) is 14.1 Å². The van der Waals surface area contributed by atoms with E-state index in [2.05, 4.69) is 35.4 Å². The molecule has 5 nitrogen and oxygen atoms in total. The summed E-state index contributed by atoms with van der Waals surface area (Å²) >= 11 is 0. The molecular formula is C13H21N5. The van der Waals surface area contributed by atoms with E-state index in [4.69, 9.17) is 0 Å². The van der Waals surface area contributed by atoms with Gasteiger partial charge in [-0.05, 0) is 26.0 Å². The molecule has 0 aliphatic heterocycles. The SMILES string of the molecule is CCCNC(c1ccn(C)n1)c1cnn(C)c1C. The number of hydrogen-bond acceptors (Lipinski definition) is 3. The van der Waals surface area contributed by atoms with Gasteiger partial charge in [-0.25, -0.2) is 0 Å². The minimum absolute atomic E-state index is 0.125. The molecule has 1 unspecified atom stereocenters. The predicted molar refractivity (Wildman–Crippen MR) is 71.3 cm³/mol. The first-order valence-electron chi connectivity index (χ1n) is 6.35. The van der Waals surface area contributed by atoms with E-state index in [0.717, 1.165) is 18.7 Å². The van der Waals surface area contributed by atoms with Crippen LogP contribution in [0, 0.1) is 6.92 Å². The maximum absolute atomic E-state index is 4.51. The molecule has 1 atom stereocenters. The van der Waals surface area contributed by atoms with Crippen molar-refractivity contribution in [2.24, 2.45) is 14.1 Å². The number of aromatic nitrogens is 4. The molecule has 18 heavy (non-hydrogen) atoms. The van der Waals surface area contributed by atoms with Crippen LogP contribution in [0.1, 0.15) is 36.3 Å². The summed E-state index contributed by atoms with van der Waals surface area (Å²) in [6.07, 6.45) is 5.00. The van der Waals surface area contributed by atoms with Crippen LogP contribution in [0.4, 0.5) is 0 Å². The van der Waals surface area contributed by atoms with E-state index >= 15 is 0 Å². The second kappa shape index (κ2) is 5.35. The van der Waals surface area contributed by atoms with Crippen molar-refractivity contribution in [2.75, 3.05) is 6.54 Å². The molecule has 5 heteroatoms. The highest BCUT2D eigenvalue weighted by atomic mass is 15.3. The Morgan fingerprint density at radius 2 is 2.17 bits per heavy atom. The van der Waals surface area contributed by atoms with Gasteiger partial charge in [0.25, 0.3) is 0 Å². The Morgan fingerprint density at radius 1 is 1.39 bits per heavy atom. The first kappa shape index (κ1) is 12.8. The van der Waals surface area contributed by atoms with Gasteiger partial charge in [-0.3, -0.25) is 9.36 Å². The molecule has 0 aliphatic carbocycles. The van der Waals surface area contributed by atoms with Crippen LogP contribution in [0.2, 0.25) is 0 Å². The van der Waals surface area contributed by atoms with Crippen LogP contribution in [0.5, 0.6) is 0 Å². The molecule has 0 fully saturated rings. The summed E-state index contributed by atoms with van der Waals surface area (Å²) in [6.45, 7) is 5.22. The van der Waals surface area contributed by atoms with Gasteiger partial charge in [0, 0.05) is 31.5 Å². The van der Waals surface area contributed by atoms with Crippen molar-refractivity contribution in [1.29, 1.82) is 0 Å². The van der Waals surface area contributed by atoms with Gasteiger partial charge in [-0.2, -0.15) is 10.2 Å². The fourth-order valence-electron chi connectivity index (χ4n) is 2.05. The normalized spacial score (nSPS) is 12.9. The van der Waals surface area contributed by atoms with Gasteiger partial charge in [0.2, 0.25) is 0 Å². The molecule has 98 valence electrons. The molecule has 0 bridgehead atoms. The fourth-order valence-corrected chi connectivity index (χ4v) is 2.05. The van der Waals surface area contributed by atoms with Crippen LogP contribution in [0.25, 0.3) is 0 Å². The zero-order valence-corrected chi connectivity index (χ0v) is 11.5. The third-order valence-corrected chi connectivity index (χ3v) is 3.21. The maximum Gasteiger partial charge on any atom is 0.0840 e. The van der Waals surface area contributed by atoms with Crippen molar-refractivity contribution in [3.05, 3.63) is 35.4 Å². The lowest BCUT2D eigenvalue weighted by molar-refractivity contribution is 0.572. The Morgan fingerprint density at radius 3 is 2.67 bits per heavy atom. The van der Waals surface area contributed by atoms with Crippen molar-refractivity contribution in [1.82, 2.24) is 24.9 Å².